The van der Waals surface area contributed by atoms with E-state index < -0.39 is 0 Å². The molecule has 1 aromatic heterocycles. The van der Waals surface area contributed by atoms with Gasteiger partial charge in [0.25, 0.3) is 0 Å². The van der Waals surface area contributed by atoms with Crippen LogP contribution in [-0.4, -0.2) is 38.8 Å². The summed E-state index contributed by atoms with van der Waals surface area (Å²) in [5.41, 5.74) is 1.96. The van der Waals surface area contributed by atoms with Crippen molar-refractivity contribution in [1.82, 2.24) is 14.7 Å². The van der Waals surface area contributed by atoms with Crippen LogP contribution in [0.4, 0.5) is 0 Å². The lowest BCUT2D eigenvalue weighted by molar-refractivity contribution is -0.132. The van der Waals surface area contributed by atoms with E-state index in [-0.39, 0.29) is 12.5 Å². The van der Waals surface area contributed by atoms with Crippen molar-refractivity contribution in [3.05, 3.63) is 65.3 Å². The van der Waals surface area contributed by atoms with Gasteiger partial charge >= 0.3 is 0 Å². The van der Waals surface area contributed by atoms with Gasteiger partial charge in [-0.15, -0.1) is 0 Å². The second-order valence-electron chi connectivity index (χ2n) is 5.81. The standard InChI is InChI=1S/C19H20ClN3O2/c20-17-7-4-8-18-16(17)13-21-23(18)10-9-19(25)22(11-12-24)14-15-5-2-1-3-6-15/h1-8,13,24H,9-12,14H2. The van der Waals surface area contributed by atoms with Gasteiger partial charge in [-0.25, -0.2) is 0 Å². The molecule has 1 heterocycles. The lowest BCUT2D eigenvalue weighted by Gasteiger charge is -2.22. The van der Waals surface area contributed by atoms with Crippen LogP contribution in [0.25, 0.3) is 10.9 Å². The predicted octanol–water partition coefficient (Wildman–Crippen LogP) is 3.10. The summed E-state index contributed by atoms with van der Waals surface area (Å²) in [4.78, 5) is 14.3. The Morgan fingerprint density at radius 3 is 2.72 bits per heavy atom. The Morgan fingerprint density at radius 2 is 1.96 bits per heavy atom. The van der Waals surface area contributed by atoms with Crippen LogP contribution in [0.5, 0.6) is 0 Å². The van der Waals surface area contributed by atoms with Crippen molar-refractivity contribution in [3.63, 3.8) is 0 Å². The van der Waals surface area contributed by atoms with Gasteiger partial charge < -0.3 is 10.0 Å². The number of aryl methyl sites for hydroxylation is 1. The number of carbonyl (C=O) groups is 1. The van der Waals surface area contributed by atoms with Crippen molar-refractivity contribution in [2.45, 2.75) is 19.5 Å². The van der Waals surface area contributed by atoms with Gasteiger partial charge in [0.1, 0.15) is 0 Å². The second kappa shape index (κ2) is 8.14. The average molecular weight is 358 g/mol. The Bertz CT molecular complexity index is 848. The largest absolute Gasteiger partial charge is 0.395 e. The molecule has 0 bridgehead atoms. The maximum atomic E-state index is 12.6. The molecule has 0 aliphatic rings. The fourth-order valence-corrected chi connectivity index (χ4v) is 3.04. The number of nitrogens with zero attached hydrogens (tertiary/aromatic N) is 3. The molecule has 0 aliphatic heterocycles. The summed E-state index contributed by atoms with van der Waals surface area (Å²) < 4.78 is 1.79. The molecule has 5 nitrogen and oxygen atoms in total. The van der Waals surface area contributed by atoms with E-state index in [0.29, 0.717) is 31.1 Å². The fraction of sp³-hybridized carbons (Fsp3) is 0.263. The Morgan fingerprint density at radius 1 is 1.16 bits per heavy atom. The van der Waals surface area contributed by atoms with Gasteiger partial charge in [-0.3, -0.25) is 9.48 Å². The van der Waals surface area contributed by atoms with Gasteiger partial charge in [0.05, 0.1) is 29.9 Å². The first kappa shape index (κ1) is 17.5. The molecule has 25 heavy (non-hydrogen) atoms. The van der Waals surface area contributed by atoms with Crippen molar-refractivity contribution in [1.29, 1.82) is 0 Å². The number of benzene rings is 2. The molecule has 1 amide bonds. The second-order valence-corrected chi connectivity index (χ2v) is 6.22. The minimum Gasteiger partial charge on any atom is -0.395 e. The summed E-state index contributed by atoms with van der Waals surface area (Å²) in [6, 6.07) is 15.4. The number of rotatable bonds is 7. The van der Waals surface area contributed by atoms with Crippen LogP contribution in [0.1, 0.15) is 12.0 Å². The van der Waals surface area contributed by atoms with Crippen LogP contribution in [0.2, 0.25) is 5.02 Å². The molecule has 0 saturated carbocycles. The number of carbonyl (C=O) groups excluding carboxylic acids is 1. The zero-order chi connectivity index (χ0) is 17.6. The van der Waals surface area contributed by atoms with Crippen molar-refractivity contribution >= 4 is 28.4 Å². The molecular weight excluding hydrogens is 338 g/mol. The van der Waals surface area contributed by atoms with Crippen molar-refractivity contribution in [2.24, 2.45) is 0 Å². The predicted molar refractivity (Wildman–Crippen MR) is 98.3 cm³/mol. The summed E-state index contributed by atoms with van der Waals surface area (Å²) in [5.74, 6) is -0.0106. The molecule has 0 aliphatic carbocycles. The molecule has 130 valence electrons. The maximum absolute atomic E-state index is 12.6. The monoisotopic (exact) mass is 357 g/mol. The quantitative estimate of drug-likeness (QED) is 0.706. The summed E-state index contributed by atoms with van der Waals surface area (Å²) >= 11 is 6.16. The highest BCUT2D eigenvalue weighted by Crippen LogP contribution is 2.22. The van der Waals surface area contributed by atoms with Crippen LogP contribution >= 0.6 is 11.6 Å². The SMILES string of the molecule is O=C(CCn1ncc2c(Cl)cccc21)N(CCO)Cc1ccccc1. The number of amides is 1. The van der Waals surface area contributed by atoms with E-state index in [1.54, 1.807) is 15.8 Å². The van der Waals surface area contributed by atoms with Crippen LogP contribution < -0.4 is 0 Å². The third-order valence-electron chi connectivity index (χ3n) is 4.11. The van der Waals surface area contributed by atoms with Crippen LogP contribution in [-0.2, 0) is 17.9 Å². The summed E-state index contributed by atoms with van der Waals surface area (Å²) in [5, 5.41) is 15.1. The molecule has 0 saturated heterocycles. The topological polar surface area (TPSA) is 58.4 Å². The molecule has 2 aromatic carbocycles. The number of aliphatic hydroxyl groups is 1. The van der Waals surface area contributed by atoms with Crippen LogP contribution in [0.15, 0.2) is 54.7 Å². The van der Waals surface area contributed by atoms with Crippen LogP contribution in [0.3, 0.4) is 0 Å². The van der Waals surface area contributed by atoms with Gasteiger partial charge in [0.15, 0.2) is 0 Å². The number of aliphatic hydroxyl groups excluding tert-OH is 1. The van der Waals surface area contributed by atoms with Crippen molar-refractivity contribution in [2.75, 3.05) is 13.2 Å². The normalized spacial score (nSPS) is 11.0. The first-order valence-corrected chi connectivity index (χ1v) is 8.59. The minimum absolute atomic E-state index is 0.0106. The lowest BCUT2D eigenvalue weighted by atomic mass is 10.2. The third kappa shape index (κ3) is 4.18. The molecule has 1 N–H and O–H groups in total. The molecule has 0 unspecified atom stereocenters. The Kier molecular flexibility index (Phi) is 5.68. The van der Waals surface area contributed by atoms with Gasteiger partial charge in [0, 0.05) is 24.9 Å². The zero-order valence-electron chi connectivity index (χ0n) is 13.8. The number of hydrogen-bond donors (Lipinski definition) is 1. The molecule has 6 heteroatoms. The molecule has 0 radical (unpaired) electrons. The van der Waals surface area contributed by atoms with Crippen LogP contribution in [0, 0.1) is 0 Å². The lowest BCUT2D eigenvalue weighted by Crippen LogP contribution is -2.33. The third-order valence-corrected chi connectivity index (χ3v) is 4.44. The van der Waals surface area contributed by atoms with E-state index in [0.717, 1.165) is 16.5 Å². The van der Waals surface area contributed by atoms with E-state index in [9.17, 15) is 9.90 Å². The van der Waals surface area contributed by atoms with Gasteiger partial charge in [-0.1, -0.05) is 48.0 Å². The fourth-order valence-electron chi connectivity index (χ4n) is 2.82. The van der Waals surface area contributed by atoms with E-state index in [2.05, 4.69) is 5.10 Å². The van der Waals surface area contributed by atoms with Gasteiger partial charge in [-0.05, 0) is 17.7 Å². The molecule has 3 rings (SSSR count). The molecule has 0 atom stereocenters. The molecule has 0 fully saturated rings. The first-order chi connectivity index (χ1) is 12.2. The molecule has 3 aromatic rings. The van der Waals surface area contributed by atoms with E-state index in [4.69, 9.17) is 11.6 Å². The average Bonchev–Trinajstić information content (AvgIpc) is 3.05. The zero-order valence-corrected chi connectivity index (χ0v) is 14.6. The Hall–Kier alpha value is -2.37. The van der Waals surface area contributed by atoms with Crippen molar-refractivity contribution in [3.8, 4) is 0 Å². The summed E-state index contributed by atoms with van der Waals surface area (Å²) in [7, 11) is 0. The smallest absolute Gasteiger partial charge is 0.224 e. The highest BCUT2D eigenvalue weighted by atomic mass is 35.5. The van der Waals surface area contributed by atoms with Gasteiger partial charge in [-0.2, -0.15) is 5.10 Å². The number of hydrogen-bond acceptors (Lipinski definition) is 3. The number of halogens is 1. The highest BCUT2D eigenvalue weighted by molar-refractivity contribution is 6.35. The maximum Gasteiger partial charge on any atom is 0.224 e. The Balaban J connectivity index is 1.67. The van der Waals surface area contributed by atoms with Crippen molar-refractivity contribution < 1.29 is 9.90 Å². The van der Waals surface area contributed by atoms with E-state index in [1.165, 1.54) is 0 Å². The number of fused-ring (bicyclic) bond motifs is 1. The first-order valence-electron chi connectivity index (χ1n) is 8.21. The summed E-state index contributed by atoms with van der Waals surface area (Å²) in [6.45, 7) is 1.23. The molecule has 0 spiro atoms. The summed E-state index contributed by atoms with van der Waals surface area (Å²) in [6.07, 6.45) is 2.04. The van der Waals surface area contributed by atoms with Gasteiger partial charge in [0.2, 0.25) is 5.91 Å². The molecular formula is C19H20ClN3O2. The number of aromatic nitrogens is 2. The Labute approximate surface area is 151 Å². The highest BCUT2D eigenvalue weighted by Gasteiger charge is 2.14. The van der Waals surface area contributed by atoms with E-state index in [1.807, 2.05) is 48.5 Å². The minimum atomic E-state index is -0.0567. The van der Waals surface area contributed by atoms with E-state index >= 15 is 0 Å².